The van der Waals surface area contributed by atoms with Crippen molar-refractivity contribution in [1.82, 2.24) is 5.43 Å². The molecule has 4 aromatic carbocycles. The van der Waals surface area contributed by atoms with Crippen LogP contribution < -0.4 is 10.2 Å². The second-order valence-corrected chi connectivity index (χ2v) is 8.43. The molecule has 4 rings (SSSR count). The number of hydrazone groups is 1. The van der Waals surface area contributed by atoms with E-state index >= 15 is 0 Å². The second-order valence-electron chi connectivity index (χ2n) is 7.58. The number of rotatable bonds is 8. The predicted molar refractivity (Wildman–Crippen MR) is 138 cm³/mol. The smallest absolute Gasteiger partial charge is 0.252 e. The van der Waals surface area contributed by atoms with Gasteiger partial charge < -0.3 is 4.74 Å². The minimum atomic E-state index is -0.449. The summed E-state index contributed by atoms with van der Waals surface area (Å²) >= 11 is 12.1. The van der Waals surface area contributed by atoms with Gasteiger partial charge in [0.2, 0.25) is 0 Å². The van der Waals surface area contributed by atoms with Crippen molar-refractivity contribution in [2.45, 2.75) is 12.5 Å². The van der Waals surface area contributed by atoms with E-state index in [2.05, 4.69) is 10.5 Å². The van der Waals surface area contributed by atoms with E-state index in [-0.39, 0.29) is 5.91 Å². The van der Waals surface area contributed by atoms with Crippen LogP contribution in [0.15, 0.2) is 108 Å². The Morgan fingerprint density at radius 2 is 1.47 bits per heavy atom. The highest BCUT2D eigenvalue weighted by molar-refractivity contribution is 6.35. The van der Waals surface area contributed by atoms with Crippen LogP contribution in [0.2, 0.25) is 10.0 Å². The molecule has 0 saturated heterocycles. The fourth-order valence-corrected chi connectivity index (χ4v) is 3.93. The quantitative estimate of drug-likeness (QED) is 0.217. The topological polar surface area (TPSA) is 50.7 Å². The number of nitrogens with zero attached hydrogens (tertiary/aromatic N) is 1. The Labute approximate surface area is 208 Å². The lowest BCUT2D eigenvalue weighted by Gasteiger charge is -2.16. The van der Waals surface area contributed by atoms with Crippen LogP contribution >= 0.6 is 23.2 Å². The molecule has 0 fully saturated rings. The first-order chi connectivity index (χ1) is 16.6. The Bertz CT molecular complexity index is 1220. The van der Waals surface area contributed by atoms with Gasteiger partial charge >= 0.3 is 0 Å². The molecular formula is C28H22Cl2N2O2. The Kier molecular flexibility index (Phi) is 7.97. The summed E-state index contributed by atoms with van der Waals surface area (Å²) in [5, 5.41) is 5.31. The van der Waals surface area contributed by atoms with Crippen LogP contribution in [0.4, 0.5) is 0 Å². The largest absolute Gasteiger partial charge is 0.489 e. The van der Waals surface area contributed by atoms with E-state index in [1.54, 1.807) is 18.3 Å². The number of ether oxygens (including phenoxy) is 1. The number of hydrogen-bond donors (Lipinski definition) is 1. The maximum absolute atomic E-state index is 13.0. The summed E-state index contributed by atoms with van der Waals surface area (Å²) in [5.41, 5.74) is 6.17. The normalized spacial score (nSPS) is 11.0. The van der Waals surface area contributed by atoms with Gasteiger partial charge in [-0.15, -0.1) is 0 Å². The number of carbonyl (C=O) groups is 1. The Morgan fingerprint density at radius 3 is 2.06 bits per heavy atom. The monoisotopic (exact) mass is 488 g/mol. The molecule has 0 aliphatic rings. The van der Waals surface area contributed by atoms with E-state index < -0.39 is 5.92 Å². The highest BCUT2D eigenvalue weighted by Crippen LogP contribution is 2.25. The van der Waals surface area contributed by atoms with Gasteiger partial charge in [0.25, 0.3) is 5.91 Å². The SMILES string of the molecule is O=C(N/N=C/c1ccc(OCc2ccc(Cl)cc2Cl)cc1)C(c1ccccc1)c1ccccc1. The Hall–Kier alpha value is -3.60. The molecule has 0 aliphatic heterocycles. The van der Waals surface area contributed by atoms with Gasteiger partial charge in [-0.3, -0.25) is 4.79 Å². The van der Waals surface area contributed by atoms with Crippen molar-refractivity contribution in [3.8, 4) is 5.75 Å². The number of amides is 1. The molecule has 6 heteroatoms. The maximum atomic E-state index is 13.0. The molecule has 4 nitrogen and oxygen atoms in total. The number of carbonyl (C=O) groups excluding carboxylic acids is 1. The van der Waals surface area contributed by atoms with Crippen LogP contribution in [0.25, 0.3) is 0 Å². The van der Waals surface area contributed by atoms with Gasteiger partial charge in [0.05, 0.1) is 12.1 Å². The minimum absolute atomic E-state index is 0.201. The Balaban J connectivity index is 1.38. The average molecular weight is 489 g/mol. The molecule has 0 saturated carbocycles. The first-order valence-electron chi connectivity index (χ1n) is 10.7. The summed E-state index contributed by atoms with van der Waals surface area (Å²) < 4.78 is 5.80. The third kappa shape index (κ3) is 6.25. The van der Waals surface area contributed by atoms with Crippen LogP contribution in [0, 0.1) is 0 Å². The van der Waals surface area contributed by atoms with E-state index in [9.17, 15) is 4.79 Å². The average Bonchev–Trinajstić information content (AvgIpc) is 2.86. The van der Waals surface area contributed by atoms with Crippen molar-refractivity contribution in [3.63, 3.8) is 0 Å². The van der Waals surface area contributed by atoms with Crippen molar-refractivity contribution < 1.29 is 9.53 Å². The third-order valence-corrected chi connectivity index (χ3v) is 5.79. The van der Waals surface area contributed by atoms with Gasteiger partial charge in [0.1, 0.15) is 12.4 Å². The van der Waals surface area contributed by atoms with Crippen molar-refractivity contribution in [3.05, 3.63) is 135 Å². The molecule has 0 aliphatic carbocycles. The van der Waals surface area contributed by atoms with E-state index in [0.717, 1.165) is 22.3 Å². The van der Waals surface area contributed by atoms with E-state index in [1.807, 2.05) is 91.0 Å². The lowest BCUT2D eigenvalue weighted by Crippen LogP contribution is -2.26. The maximum Gasteiger partial charge on any atom is 0.252 e. The van der Waals surface area contributed by atoms with Crippen LogP contribution in [-0.4, -0.2) is 12.1 Å². The Morgan fingerprint density at radius 1 is 0.853 bits per heavy atom. The van der Waals surface area contributed by atoms with E-state index in [1.165, 1.54) is 0 Å². The van der Waals surface area contributed by atoms with E-state index in [0.29, 0.717) is 22.4 Å². The first-order valence-corrected chi connectivity index (χ1v) is 11.5. The zero-order valence-corrected chi connectivity index (χ0v) is 19.7. The molecule has 1 N–H and O–H groups in total. The molecule has 0 unspecified atom stereocenters. The van der Waals surface area contributed by atoms with Gasteiger partial charge in [0, 0.05) is 15.6 Å². The summed E-state index contributed by atoms with van der Waals surface area (Å²) in [6.07, 6.45) is 1.60. The van der Waals surface area contributed by atoms with Crippen molar-refractivity contribution in [2.24, 2.45) is 5.10 Å². The standard InChI is InChI=1S/C28H22Cl2N2O2/c29-24-14-13-23(26(30)17-24)19-34-25-15-11-20(12-16-25)18-31-32-28(33)27(21-7-3-1-4-8-21)22-9-5-2-6-10-22/h1-18,27H,19H2,(H,32,33)/b31-18+. The zero-order chi connectivity index (χ0) is 23.8. The lowest BCUT2D eigenvalue weighted by molar-refractivity contribution is -0.121. The minimum Gasteiger partial charge on any atom is -0.489 e. The summed E-state index contributed by atoms with van der Waals surface area (Å²) in [4.78, 5) is 13.0. The van der Waals surface area contributed by atoms with Crippen LogP contribution in [-0.2, 0) is 11.4 Å². The summed E-state index contributed by atoms with van der Waals surface area (Å²) in [6.45, 7) is 0.333. The van der Waals surface area contributed by atoms with Gasteiger partial charge in [-0.05, 0) is 53.1 Å². The number of halogens is 2. The van der Waals surface area contributed by atoms with Crippen molar-refractivity contribution in [1.29, 1.82) is 0 Å². The van der Waals surface area contributed by atoms with Gasteiger partial charge in [0.15, 0.2) is 0 Å². The molecule has 0 radical (unpaired) electrons. The summed E-state index contributed by atoms with van der Waals surface area (Å²) in [6, 6.07) is 32.0. The highest BCUT2D eigenvalue weighted by Gasteiger charge is 2.22. The van der Waals surface area contributed by atoms with Crippen molar-refractivity contribution >= 4 is 35.3 Å². The van der Waals surface area contributed by atoms with Crippen LogP contribution in [0.5, 0.6) is 5.75 Å². The second kappa shape index (κ2) is 11.5. The highest BCUT2D eigenvalue weighted by atomic mass is 35.5. The molecule has 170 valence electrons. The van der Waals surface area contributed by atoms with Gasteiger partial charge in [-0.1, -0.05) is 89.9 Å². The lowest BCUT2D eigenvalue weighted by atomic mass is 9.91. The fraction of sp³-hybridized carbons (Fsp3) is 0.0714. The molecule has 4 aromatic rings. The molecule has 0 spiro atoms. The first kappa shape index (κ1) is 23.6. The zero-order valence-electron chi connectivity index (χ0n) is 18.2. The number of nitrogens with one attached hydrogen (secondary N) is 1. The summed E-state index contributed by atoms with van der Waals surface area (Å²) in [7, 11) is 0. The molecule has 1 amide bonds. The third-order valence-electron chi connectivity index (χ3n) is 5.21. The number of hydrogen-bond acceptors (Lipinski definition) is 3. The van der Waals surface area contributed by atoms with Crippen molar-refractivity contribution in [2.75, 3.05) is 0 Å². The van der Waals surface area contributed by atoms with Gasteiger partial charge in [-0.25, -0.2) is 5.43 Å². The molecule has 0 heterocycles. The predicted octanol–water partition coefficient (Wildman–Crippen LogP) is 6.85. The van der Waals surface area contributed by atoms with Gasteiger partial charge in [-0.2, -0.15) is 5.10 Å². The molecule has 34 heavy (non-hydrogen) atoms. The molecule has 0 atom stereocenters. The number of benzene rings is 4. The van der Waals surface area contributed by atoms with Crippen LogP contribution in [0.3, 0.4) is 0 Å². The van der Waals surface area contributed by atoms with E-state index in [4.69, 9.17) is 27.9 Å². The molecule has 0 bridgehead atoms. The molecule has 0 aromatic heterocycles. The van der Waals surface area contributed by atoms with Crippen LogP contribution in [0.1, 0.15) is 28.2 Å². The fourth-order valence-electron chi connectivity index (χ4n) is 3.47. The molecular weight excluding hydrogens is 467 g/mol. The summed E-state index contributed by atoms with van der Waals surface area (Å²) in [5.74, 6) is 0.0453.